The number of nitrogens with zero attached hydrogens (tertiary/aromatic N) is 5. The number of aryl methyl sites for hydroxylation is 1. The normalized spacial score (nSPS) is 13.8. The van der Waals surface area contributed by atoms with Crippen molar-refractivity contribution in [2.45, 2.75) is 12.6 Å². The fourth-order valence-electron chi connectivity index (χ4n) is 4.03. The van der Waals surface area contributed by atoms with Crippen molar-refractivity contribution in [1.82, 2.24) is 24.6 Å². The molecule has 0 unspecified atom stereocenters. The number of hydrogen-bond acceptors (Lipinski definition) is 6. The van der Waals surface area contributed by atoms with Crippen LogP contribution in [-0.4, -0.2) is 42.3 Å². The number of carbonyl (C=O) groups is 1. The highest BCUT2D eigenvalue weighted by Crippen LogP contribution is 2.34. The molecule has 0 saturated carbocycles. The molecule has 2 N–H and O–H groups in total. The molecule has 1 aliphatic heterocycles. The third kappa shape index (κ3) is 4.18. The zero-order valence-electron chi connectivity index (χ0n) is 17.8. The van der Waals surface area contributed by atoms with Crippen molar-refractivity contribution in [3.05, 3.63) is 88.8 Å². The van der Waals surface area contributed by atoms with Crippen LogP contribution in [-0.2, 0) is 13.6 Å². The van der Waals surface area contributed by atoms with E-state index in [0.717, 1.165) is 22.4 Å². The van der Waals surface area contributed by atoms with Crippen LogP contribution in [0.25, 0.3) is 11.3 Å². The molecule has 166 valence electrons. The Balaban J connectivity index is 1.41. The van der Waals surface area contributed by atoms with Crippen molar-refractivity contribution in [3.8, 4) is 11.3 Å². The molecular formula is C24H21ClN6O2. The summed E-state index contributed by atoms with van der Waals surface area (Å²) in [6.45, 7) is 0.228. The smallest absolute Gasteiger partial charge is 0.255 e. The van der Waals surface area contributed by atoms with Crippen LogP contribution in [0.3, 0.4) is 0 Å². The summed E-state index contributed by atoms with van der Waals surface area (Å²) in [6.07, 6.45) is 5.19. The van der Waals surface area contributed by atoms with Crippen LogP contribution in [0, 0.1) is 0 Å². The SMILES string of the molecule is Cn1cc(Nc2nccc(-c3ccc4c(c3)C(=O)N([C@@H](CO)c3cccc(Cl)c3)C4)n2)cn1. The molecule has 2 aromatic carbocycles. The quantitative estimate of drug-likeness (QED) is 0.452. The molecule has 1 atom stereocenters. The van der Waals surface area contributed by atoms with Gasteiger partial charge in [0.15, 0.2) is 0 Å². The molecular weight excluding hydrogens is 440 g/mol. The number of halogens is 1. The van der Waals surface area contributed by atoms with Crippen molar-refractivity contribution in [2.24, 2.45) is 7.05 Å². The first-order valence-electron chi connectivity index (χ1n) is 10.4. The van der Waals surface area contributed by atoms with Crippen molar-refractivity contribution in [3.63, 3.8) is 0 Å². The van der Waals surface area contributed by atoms with Crippen LogP contribution < -0.4 is 5.32 Å². The second-order valence-corrected chi connectivity index (χ2v) is 8.29. The van der Waals surface area contributed by atoms with E-state index in [1.807, 2.05) is 43.6 Å². The Kier molecular flexibility index (Phi) is 5.53. The monoisotopic (exact) mass is 460 g/mol. The zero-order chi connectivity index (χ0) is 22.9. The van der Waals surface area contributed by atoms with E-state index in [-0.39, 0.29) is 12.5 Å². The molecule has 0 aliphatic carbocycles. The van der Waals surface area contributed by atoms with E-state index in [9.17, 15) is 9.90 Å². The predicted octanol–water partition coefficient (Wildman–Crippen LogP) is 3.96. The fourth-order valence-corrected chi connectivity index (χ4v) is 4.23. The molecule has 0 saturated heterocycles. The molecule has 1 amide bonds. The Bertz CT molecular complexity index is 1340. The first-order chi connectivity index (χ1) is 16.0. The molecule has 0 fully saturated rings. The summed E-state index contributed by atoms with van der Waals surface area (Å²) in [5, 5.41) is 17.9. The second-order valence-electron chi connectivity index (χ2n) is 7.85. The fraction of sp³-hybridized carbons (Fsp3) is 0.167. The Labute approximate surface area is 195 Å². The minimum absolute atomic E-state index is 0.131. The summed E-state index contributed by atoms with van der Waals surface area (Å²) >= 11 is 6.12. The standard InChI is InChI=1S/C24H21ClN6O2/c1-30-13-19(11-27-30)28-24-26-8-7-21(29-24)15-5-6-17-12-31(23(33)20(17)10-15)22(14-32)16-3-2-4-18(25)9-16/h2-11,13,22,32H,12,14H2,1H3,(H,26,28,29)/t22-/m0/s1. The first-order valence-corrected chi connectivity index (χ1v) is 10.8. The zero-order valence-corrected chi connectivity index (χ0v) is 18.6. The summed E-state index contributed by atoms with van der Waals surface area (Å²) in [5.41, 5.74) is 4.60. The molecule has 2 aromatic heterocycles. The van der Waals surface area contributed by atoms with Gasteiger partial charge in [-0.1, -0.05) is 35.9 Å². The molecule has 1 aliphatic rings. The molecule has 8 nitrogen and oxygen atoms in total. The van der Waals surface area contributed by atoms with Crippen molar-refractivity contribution in [1.29, 1.82) is 0 Å². The number of hydrogen-bond donors (Lipinski definition) is 2. The molecule has 9 heteroatoms. The third-order valence-corrected chi connectivity index (χ3v) is 5.87. The van der Waals surface area contributed by atoms with Gasteiger partial charge < -0.3 is 15.3 Å². The predicted molar refractivity (Wildman–Crippen MR) is 125 cm³/mol. The average molecular weight is 461 g/mol. The first kappa shape index (κ1) is 21.1. The summed E-state index contributed by atoms with van der Waals surface area (Å²) in [7, 11) is 1.83. The van der Waals surface area contributed by atoms with Gasteiger partial charge in [-0.2, -0.15) is 5.10 Å². The van der Waals surface area contributed by atoms with Gasteiger partial charge in [-0.3, -0.25) is 9.48 Å². The van der Waals surface area contributed by atoms with E-state index >= 15 is 0 Å². The van der Waals surface area contributed by atoms with Crippen LogP contribution in [0.4, 0.5) is 11.6 Å². The van der Waals surface area contributed by atoms with Gasteiger partial charge in [-0.15, -0.1) is 0 Å². The van der Waals surface area contributed by atoms with Crippen LogP contribution in [0.1, 0.15) is 27.5 Å². The van der Waals surface area contributed by atoms with E-state index < -0.39 is 6.04 Å². The lowest BCUT2D eigenvalue weighted by molar-refractivity contribution is 0.0615. The molecule has 3 heterocycles. The Morgan fingerprint density at radius 2 is 2.09 bits per heavy atom. The van der Waals surface area contributed by atoms with Gasteiger partial charge in [-0.05, 0) is 35.4 Å². The number of carbonyl (C=O) groups excluding carboxylic acids is 1. The molecule has 0 bridgehead atoms. The molecule has 4 aromatic rings. The number of benzene rings is 2. The minimum Gasteiger partial charge on any atom is -0.394 e. The Hall–Kier alpha value is -3.75. The van der Waals surface area contributed by atoms with Crippen molar-refractivity contribution in [2.75, 3.05) is 11.9 Å². The average Bonchev–Trinajstić information content (AvgIpc) is 3.37. The number of rotatable bonds is 6. The van der Waals surface area contributed by atoms with Gasteiger partial charge in [-0.25, -0.2) is 9.97 Å². The number of fused-ring (bicyclic) bond motifs is 1. The Morgan fingerprint density at radius 1 is 1.21 bits per heavy atom. The highest BCUT2D eigenvalue weighted by atomic mass is 35.5. The number of aliphatic hydroxyl groups is 1. The van der Waals surface area contributed by atoms with Crippen molar-refractivity contribution < 1.29 is 9.90 Å². The molecule has 5 rings (SSSR count). The molecule has 33 heavy (non-hydrogen) atoms. The van der Waals surface area contributed by atoms with Gasteiger partial charge in [0.05, 0.1) is 30.2 Å². The van der Waals surface area contributed by atoms with Crippen LogP contribution in [0.15, 0.2) is 67.1 Å². The minimum atomic E-state index is -0.471. The largest absolute Gasteiger partial charge is 0.394 e. The Morgan fingerprint density at radius 3 is 2.85 bits per heavy atom. The second kappa shape index (κ2) is 8.65. The van der Waals surface area contributed by atoms with Gasteiger partial charge >= 0.3 is 0 Å². The maximum absolute atomic E-state index is 13.3. The number of amides is 1. The van der Waals surface area contributed by atoms with Gasteiger partial charge in [0.1, 0.15) is 0 Å². The topological polar surface area (TPSA) is 96.2 Å². The number of anilines is 2. The number of nitrogens with one attached hydrogen (secondary N) is 1. The molecule has 0 spiro atoms. The van der Waals surface area contributed by atoms with Gasteiger partial charge in [0.2, 0.25) is 5.95 Å². The lowest BCUT2D eigenvalue weighted by Crippen LogP contribution is -2.31. The van der Waals surface area contributed by atoms with E-state index in [4.69, 9.17) is 11.6 Å². The van der Waals surface area contributed by atoms with E-state index in [1.165, 1.54) is 0 Å². The summed E-state index contributed by atoms with van der Waals surface area (Å²) < 4.78 is 1.69. The van der Waals surface area contributed by atoms with Gasteiger partial charge in [0.25, 0.3) is 5.91 Å². The van der Waals surface area contributed by atoms with Crippen molar-refractivity contribution >= 4 is 29.1 Å². The summed E-state index contributed by atoms with van der Waals surface area (Å²) in [5.74, 6) is 0.309. The number of aromatic nitrogens is 4. The molecule has 0 radical (unpaired) electrons. The van der Waals surface area contributed by atoms with Crippen LogP contribution in [0.2, 0.25) is 5.02 Å². The maximum Gasteiger partial charge on any atom is 0.255 e. The highest BCUT2D eigenvalue weighted by molar-refractivity contribution is 6.30. The lowest BCUT2D eigenvalue weighted by Gasteiger charge is -2.26. The van der Waals surface area contributed by atoms with E-state index in [0.29, 0.717) is 28.8 Å². The van der Waals surface area contributed by atoms with Gasteiger partial charge in [0, 0.05) is 42.1 Å². The highest BCUT2D eigenvalue weighted by Gasteiger charge is 2.33. The summed E-state index contributed by atoms with van der Waals surface area (Å²) in [4.78, 5) is 23.8. The van der Waals surface area contributed by atoms with E-state index in [2.05, 4.69) is 20.4 Å². The van der Waals surface area contributed by atoms with Crippen LogP contribution >= 0.6 is 11.6 Å². The summed E-state index contributed by atoms with van der Waals surface area (Å²) in [6, 6.07) is 14.3. The van der Waals surface area contributed by atoms with E-state index in [1.54, 1.807) is 40.2 Å². The number of aliphatic hydroxyl groups excluding tert-OH is 1. The lowest BCUT2D eigenvalue weighted by atomic mass is 10.0. The van der Waals surface area contributed by atoms with Crippen LogP contribution in [0.5, 0.6) is 0 Å². The third-order valence-electron chi connectivity index (χ3n) is 5.64. The maximum atomic E-state index is 13.3.